The molecule has 1 aliphatic rings. The second-order valence-corrected chi connectivity index (χ2v) is 10.1. The minimum absolute atomic E-state index is 0. The molecule has 3 heterocycles. The third kappa shape index (κ3) is 5.27. The van der Waals surface area contributed by atoms with Gasteiger partial charge < -0.3 is 4.74 Å². The Morgan fingerprint density at radius 1 is 1.23 bits per heavy atom. The standard InChI is InChI=1S/C20H21Cl2N3O2S2.ClH/c1-2-13-3-4-15-16(11-13)28-20(23-15)25(6-5-24-7-9-27-10-8-24)19(26)14-12-17(21)29-18(14)22;/h3-4,11-12H,2,5-10H2,1H3;1H. The summed E-state index contributed by atoms with van der Waals surface area (Å²) in [5.41, 5.74) is 2.59. The molecule has 4 rings (SSSR count). The van der Waals surface area contributed by atoms with Crippen molar-refractivity contribution < 1.29 is 9.53 Å². The van der Waals surface area contributed by atoms with E-state index in [4.69, 9.17) is 32.9 Å². The van der Waals surface area contributed by atoms with Crippen LogP contribution in [0.2, 0.25) is 8.67 Å². The molecule has 1 saturated heterocycles. The molecule has 1 amide bonds. The zero-order valence-electron chi connectivity index (χ0n) is 16.4. The van der Waals surface area contributed by atoms with E-state index in [0.717, 1.165) is 49.5 Å². The average Bonchev–Trinajstić information content (AvgIpc) is 3.30. The number of carbonyl (C=O) groups is 1. The Morgan fingerprint density at radius 2 is 2.00 bits per heavy atom. The van der Waals surface area contributed by atoms with Crippen molar-refractivity contribution in [1.82, 2.24) is 9.88 Å². The van der Waals surface area contributed by atoms with Crippen LogP contribution in [0.1, 0.15) is 22.8 Å². The van der Waals surface area contributed by atoms with Crippen LogP contribution in [0, 0.1) is 0 Å². The van der Waals surface area contributed by atoms with Crippen LogP contribution in [-0.4, -0.2) is 55.2 Å². The van der Waals surface area contributed by atoms with Gasteiger partial charge in [-0.05, 0) is 30.2 Å². The maximum absolute atomic E-state index is 13.4. The summed E-state index contributed by atoms with van der Waals surface area (Å²) in [7, 11) is 0. The molecule has 2 aromatic heterocycles. The number of nitrogens with zero attached hydrogens (tertiary/aromatic N) is 3. The monoisotopic (exact) mass is 505 g/mol. The molecule has 1 aliphatic heterocycles. The average molecular weight is 507 g/mol. The van der Waals surface area contributed by atoms with Crippen molar-refractivity contribution in [3.05, 3.63) is 44.1 Å². The van der Waals surface area contributed by atoms with Crippen molar-refractivity contribution in [3.8, 4) is 0 Å². The molecule has 162 valence electrons. The van der Waals surface area contributed by atoms with Crippen molar-refractivity contribution in [1.29, 1.82) is 0 Å². The van der Waals surface area contributed by atoms with Crippen LogP contribution in [0.3, 0.4) is 0 Å². The van der Waals surface area contributed by atoms with Gasteiger partial charge in [0, 0.05) is 26.2 Å². The molecule has 1 fully saturated rings. The summed E-state index contributed by atoms with van der Waals surface area (Å²) in [4.78, 5) is 22.1. The fraction of sp³-hybridized carbons (Fsp3) is 0.400. The number of carbonyl (C=O) groups excluding carboxylic acids is 1. The minimum Gasteiger partial charge on any atom is -0.379 e. The van der Waals surface area contributed by atoms with Crippen LogP contribution in [0.4, 0.5) is 5.13 Å². The largest absolute Gasteiger partial charge is 0.379 e. The van der Waals surface area contributed by atoms with E-state index < -0.39 is 0 Å². The van der Waals surface area contributed by atoms with Crippen LogP contribution < -0.4 is 4.90 Å². The highest BCUT2D eigenvalue weighted by Crippen LogP contribution is 2.35. The molecule has 3 aromatic rings. The van der Waals surface area contributed by atoms with Gasteiger partial charge in [-0.15, -0.1) is 23.7 Å². The fourth-order valence-electron chi connectivity index (χ4n) is 3.27. The van der Waals surface area contributed by atoms with Gasteiger partial charge in [-0.3, -0.25) is 14.6 Å². The molecular formula is C20H22Cl3N3O2S2. The van der Waals surface area contributed by atoms with Crippen LogP contribution in [0.25, 0.3) is 10.2 Å². The highest BCUT2D eigenvalue weighted by Gasteiger charge is 2.26. The first-order valence-corrected chi connectivity index (χ1v) is 11.9. The number of anilines is 1. The highest BCUT2D eigenvalue weighted by atomic mass is 35.5. The Kier molecular flexibility index (Phi) is 8.38. The second-order valence-electron chi connectivity index (χ2n) is 6.80. The van der Waals surface area contributed by atoms with Gasteiger partial charge >= 0.3 is 0 Å². The molecular weight excluding hydrogens is 485 g/mol. The number of ether oxygens (including phenoxy) is 1. The Morgan fingerprint density at radius 3 is 2.67 bits per heavy atom. The smallest absolute Gasteiger partial charge is 0.262 e. The zero-order valence-corrected chi connectivity index (χ0v) is 20.4. The lowest BCUT2D eigenvalue weighted by Gasteiger charge is -2.29. The van der Waals surface area contributed by atoms with E-state index >= 15 is 0 Å². The van der Waals surface area contributed by atoms with E-state index in [2.05, 4.69) is 24.0 Å². The number of thiazole rings is 1. The maximum Gasteiger partial charge on any atom is 0.262 e. The van der Waals surface area contributed by atoms with Crippen LogP contribution in [0.15, 0.2) is 24.3 Å². The van der Waals surface area contributed by atoms with Gasteiger partial charge in [0.15, 0.2) is 5.13 Å². The van der Waals surface area contributed by atoms with E-state index in [1.54, 1.807) is 11.0 Å². The SMILES string of the molecule is CCc1ccc2nc(N(CCN3CCOCC3)C(=O)c3cc(Cl)sc3Cl)sc2c1.Cl. The molecule has 0 saturated carbocycles. The molecule has 0 radical (unpaired) electrons. The van der Waals surface area contributed by atoms with Gasteiger partial charge in [0.1, 0.15) is 4.34 Å². The maximum atomic E-state index is 13.4. The lowest BCUT2D eigenvalue weighted by molar-refractivity contribution is 0.0391. The normalized spacial score (nSPS) is 14.6. The Balaban J connectivity index is 0.00000256. The van der Waals surface area contributed by atoms with Crippen molar-refractivity contribution in [2.75, 3.05) is 44.3 Å². The number of benzene rings is 1. The fourth-order valence-corrected chi connectivity index (χ4v) is 5.78. The summed E-state index contributed by atoms with van der Waals surface area (Å²) in [6.45, 7) is 6.59. The van der Waals surface area contributed by atoms with E-state index in [0.29, 0.717) is 25.9 Å². The van der Waals surface area contributed by atoms with Gasteiger partial charge in [-0.25, -0.2) is 4.98 Å². The third-order valence-corrected chi connectivity index (χ3v) is 7.49. The third-order valence-electron chi connectivity index (χ3n) is 4.96. The first kappa shape index (κ1) is 23.7. The van der Waals surface area contributed by atoms with Gasteiger partial charge in [-0.2, -0.15) is 0 Å². The van der Waals surface area contributed by atoms with Gasteiger partial charge in [0.25, 0.3) is 5.91 Å². The first-order valence-electron chi connectivity index (χ1n) is 9.51. The number of aryl methyl sites for hydroxylation is 1. The molecule has 0 aliphatic carbocycles. The first-order chi connectivity index (χ1) is 14.0. The summed E-state index contributed by atoms with van der Waals surface area (Å²) < 4.78 is 7.42. The van der Waals surface area contributed by atoms with Crippen molar-refractivity contribution in [2.45, 2.75) is 13.3 Å². The quantitative estimate of drug-likeness (QED) is 0.435. The topological polar surface area (TPSA) is 45.7 Å². The summed E-state index contributed by atoms with van der Waals surface area (Å²) in [6, 6.07) is 7.89. The van der Waals surface area contributed by atoms with Gasteiger partial charge in [0.2, 0.25) is 0 Å². The number of halogens is 3. The summed E-state index contributed by atoms with van der Waals surface area (Å²) in [5, 5.41) is 0.685. The van der Waals surface area contributed by atoms with E-state index in [1.807, 2.05) is 6.07 Å². The lowest BCUT2D eigenvalue weighted by atomic mass is 10.2. The van der Waals surface area contributed by atoms with E-state index in [9.17, 15) is 4.79 Å². The summed E-state index contributed by atoms with van der Waals surface area (Å²) in [5.74, 6) is -0.166. The van der Waals surface area contributed by atoms with Crippen LogP contribution >= 0.6 is 58.3 Å². The lowest BCUT2D eigenvalue weighted by Crippen LogP contribution is -2.43. The Bertz CT molecular complexity index is 1020. The number of morpholine rings is 1. The molecule has 1 aromatic carbocycles. The molecule has 0 unspecified atom stereocenters. The molecule has 30 heavy (non-hydrogen) atoms. The summed E-state index contributed by atoms with van der Waals surface area (Å²) >= 11 is 15.1. The molecule has 0 N–H and O–H groups in total. The van der Waals surface area contributed by atoms with E-state index in [1.165, 1.54) is 28.2 Å². The van der Waals surface area contributed by atoms with Crippen LogP contribution in [-0.2, 0) is 11.2 Å². The Hall–Kier alpha value is -0.930. The number of hydrogen-bond acceptors (Lipinski definition) is 6. The summed E-state index contributed by atoms with van der Waals surface area (Å²) in [6.07, 6.45) is 0.964. The number of hydrogen-bond donors (Lipinski definition) is 0. The minimum atomic E-state index is -0.166. The number of amides is 1. The Labute approximate surface area is 200 Å². The second kappa shape index (κ2) is 10.6. The van der Waals surface area contributed by atoms with Crippen molar-refractivity contribution >= 4 is 79.5 Å². The highest BCUT2D eigenvalue weighted by molar-refractivity contribution is 7.22. The van der Waals surface area contributed by atoms with Gasteiger partial charge in [0.05, 0.1) is 33.3 Å². The van der Waals surface area contributed by atoms with Crippen molar-refractivity contribution in [3.63, 3.8) is 0 Å². The van der Waals surface area contributed by atoms with Crippen LogP contribution in [0.5, 0.6) is 0 Å². The zero-order chi connectivity index (χ0) is 20.4. The number of aromatic nitrogens is 1. The molecule has 0 spiro atoms. The predicted octanol–water partition coefficient (Wildman–Crippen LogP) is 5.63. The number of thiophene rings is 1. The van der Waals surface area contributed by atoms with Gasteiger partial charge in [-0.1, -0.05) is 47.5 Å². The molecule has 0 bridgehead atoms. The van der Waals surface area contributed by atoms with E-state index in [-0.39, 0.29) is 18.3 Å². The number of fused-ring (bicyclic) bond motifs is 1. The molecule has 0 atom stereocenters. The molecule has 5 nitrogen and oxygen atoms in total. The number of rotatable bonds is 6. The molecule has 10 heteroatoms. The predicted molar refractivity (Wildman–Crippen MR) is 130 cm³/mol. The van der Waals surface area contributed by atoms with Crippen molar-refractivity contribution in [2.24, 2.45) is 0 Å².